The molecule has 7 atom stereocenters. The molecule has 1 aromatic heterocycles. The number of thiazole rings is 1. The largest absolute Gasteiger partial charge is 0.457 e. The molecule has 0 amide bonds. The van der Waals surface area contributed by atoms with Crippen LogP contribution in [0.15, 0.2) is 30.9 Å². The molecule has 0 radical (unpaired) electrons. The summed E-state index contributed by atoms with van der Waals surface area (Å²) < 4.78 is 13.1. The molecule has 0 saturated carbocycles. The molecule has 4 unspecified atom stereocenters. The number of ketones is 1. The van der Waals surface area contributed by atoms with Crippen molar-refractivity contribution in [2.24, 2.45) is 17.3 Å². The lowest BCUT2D eigenvalue weighted by molar-refractivity contribution is -0.156. The van der Waals surface area contributed by atoms with Crippen LogP contribution in [-0.2, 0) is 19.1 Å². The van der Waals surface area contributed by atoms with E-state index in [0.717, 1.165) is 40.1 Å². The van der Waals surface area contributed by atoms with Crippen LogP contribution in [0.2, 0.25) is 0 Å². The Hall–Kier alpha value is -2.13. The molecule has 0 aliphatic carbocycles. The first kappa shape index (κ1) is 27.9. The fraction of sp³-hybridized carbons (Fsp3) is 0.621. The van der Waals surface area contributed by atoms with Gasteiger partial charge in [0.15, 0.2) is 0 Å². The normalized spacial score (nSPS) is 35.5. The Kier molecular flexibility index (Phi) is 7.96. The zero-order valence-corrected chi connectivity index (χ0v) is 23.2. The highest BCUT2D eigenvalue weighted by molar-refractivity contribution is 7.18. The van der Waals surface area contributed by atoms with E-state index in [4.69, 9.17) is 9.47 Å². The quantitative estimate of drug-likeness (QED) is 0.318. The number of hydrogen-bond acceptors (Lipinski definition) is 8. The second-order valence-corrected chi connectivity index (χ2v) is 12.8. The minimum Gasteiger partial charge on any atom is -0.457 e. The predicted octanol–water partition coefficient (Wildman–Crippen LogP) is 5.07. The van der Waals surface area contributed by atoms with Crippen molar-refractivity contribution in [2.75, 3.05) is 0 Å². The molecule has 0 spiro atoms. The molecule has 1 aromatic carbocycles. The van der Waals surface area contributed by atoms with Crippen molar-refractivity contribution in [2.45, 2.75) is 96.7 Å². The van der Waals surface area contributed by atoms with Gasteiger partial charge in [-0.05, 0) is 50.3 Å². The number of aliphatic hydroxyl groups excluding tert-OH is 2. The highest BCUT2D eigenvalue weighted by atomic mass is 32.1. The van der Waals surface area contributed by atoms with Gasteiger partial charge < -0.3 is 19.7 Å². The lowest BCUT2D eigenvalue weighted by Gasteiger charge is -2.34. The number of benzene rings is 1. The molecule has 202 valence electrons. The minimum absolute atomic E-state index is 0.0739. The summed E-state index contributed by atoms with van der Waals surface area (Å²) in [5.41, 5.74) is 0.0827. The first-order chi connectivity index (χ1) is 17.4. The summed E-state index contributed by atoms with van der Waals surface area (Å²) in [5, 5.41) is 22.9. The number of carbonyl (C=O) groups is 2. The van der Waals surface area contributed by atoms with Crippen molar-refractivity contribution in [3.63, 3.8) is 0 Å². The number of esters is 1. The van der Waals surface area contributed by atoms with Crippen LogP contribution in [0.5, 0.6) is 0 Å². The zero-order valence-electron chi connectivity index (χ0n) is 22.4. The number of ether oxygens (including phenoxy) is 2. The van der Waals surface area contributed by atoms with Gasteiger partial charge in [-0.15, -0.1) is 17.9 Å². The average molecular weight is 530 g/mol. The number of carbonyl (C=O) groups excluding carboxylic acids is 2. The van der Waals surface area contributed by atoms with Crippen LogP contribution < -0.4 is 0 Å². The van der Waals surface area contributed by atoms with Gasteiger partial charge in [0.25, 0.3) is 0 Å². The number of nitrogens with zero attached hydrogens (tertiary/aromatic N) is 1. The maximum absolute atomic E-state index is 13.4. The van der Waals surface area contributed by atoms with E-state index >= 15 is 0 Å². The van der Waals surface area contributed by atoms with Crippen LogP contribution in [0.4, 0.5) is 0 Å². The van der Waals surface area contributed by atoms with Gasteiger partial charge in [0.2, 0.25) is 0 Å². The summed E-state index contributed by atoms with van der Waals surface area (Å²) in [6, 6.07) is 5.90. The maximum atomic E-state index is 13.4. The van der Waals surface area contributed by atoms with Crippen molar-refractivity contribution in [3.8, 4) is 0 Å². The van der Waals surface area contributed by atoms with E-state index in [2.05, 4.69) is 18.5 Å². The van der Waals surface area contributed by atoms with E-state index in [9.17, 15) is 19.8 Å². The highest BCUT2D eigenvalue weighted by Gasteiger charge is 2.53. The van der Waals surface area contributed by atoms with Crippen LogP contribution in [0.3, 0.4) is 0 Å². The second kappa shape index (κ2) is 10.6. The minimum atomic E-state index is -1.28. The van der Waals surface area contributed by atoms with Crippen LogP contribution in [0.25, 0.3) is 10.2 Å². The third kappa shape index (κ3) is 5.82. The number of aromatic nitrogens is 1. The number of aryl methyl sites for hydroxylation is 1. The van der Waals surface area contributed by atoms with Gasteiger partial charge in [-0.1, -0.05) is 39.3 Å². The van der Waals surface area contributed by atoms with E-state index in [-0.39, 0.29) is 29.8 Å². The number of hydrogen-bond donors (Lipinski definition) is 2. The first-order valence-electron chi connectivity index (χ1n) is 13.1. The molecule has 2 saturated heterocycles. The SMILES string of the molecule is C=CC1C(=O)C(C)(C)[C@@H](O)CC(=O)OC(c2ccc3sc(C)nc3c2)C[C@@H]2O[C@]2(C)CCCC(C)C1O. The number of rotatable bonds is 2. The number of epoxide rings is 1. The molecule has 3 heterocycles. The summed E-state index contributed by atoms with van der Waals surface area (Å²) in [5.74, 6) is -1.91. The third-order valence-electron chi connectivity index (χ3n) is 8.30. The standard InChI is InChI=1S/C29H39NO6S/c1-7-19-26(33)16(2)9-8-12-29(6)24(36-29)14-21(18-10-11-22-20(13-18)30-17(3)37-22)35-25(32)15-23(31)28(4,5)27(19)34/h7,10-11,13,16,19,21,23-24,26,31,33H,1,8-9,12,14-15H2,2-6H3/t16?,19?,21?,23-,24-,26?,29+/m0/s1. The Bertz CT molecular complexity index is 1170. The van der Waals surface area contributed by atoms with Gasteiger partial charge in [-0.3, -0.25) is 9.59 Å². The average Bonchev–Trinajstić information content (AvgIpc) is 3.30. The number of fused-ring (bicyclic) bond motifs is 2. The lowest BCUT2D eigenvalue weighted by Crippen LogP contribution is -2.46. The molecular weight excluding hydrogens is 490 g/mol. The Balaban J connectivity index is 1.63. The zero-order chi connectivity index (χ0) is 27.1. The van der Waals surface area contributed by atoms with Crippen molar-refractivity contribution in [1.29, 1.82) is 0 Å². The van der Waals surface area contributed by atoms with Gasteiger partial charge in [0.05, 0.1) is 56.9 Å². The molecule has 0 bridgehead atoms. The number of cyclic esters (lactones) is 1. The van der Waals surface area contributed by atoms with Gasteiger partial charge in [0, 0.05) is 6.42 Å². The van der Waals surface area contributed by atoms with E-state index in [1.807, 2.05) is 32.0 Å². The Labute approximate surface area is 222 Å². The molecule has 2 N–H and O–H groups in total. The summed E-state index contributed by atoms with van der Waals surface area (Å²) in [6.07, 6.45) is 1.11. The van der Waals surface area contributed by atoms with Gasteiger partial charge in [-0.25, -0.2) is 4.98 Å². The van der Waals surface area contributed by atoms with E-state index in [0.29, 0.717) is 6.42 Å². The third-order valence-corrected chi connectivity index (χ3v) is 9.25. The maximum Gasteiger partial charge on any atom is 0.309 e. The second-order valence-electron chi connectivity index (χ2n) is 11.5. The van der Waals surface area contributed by atoms with Crippen molar-refractivity contribution < 1.29 is 29.3 Å². The molecular formula is C29H39NO6S. The van der Waals surface area contributed by atoms with Gasteiger partial charge in [0.1, 0.15) is 11.9 Å². The fourth-order valence-corrected chi connectivity index (χ4v) is 6.24. The van der Waals surface area contributed by atoms with Crippen LogP contribution in [0.1, 0.15) is 76.5 Å². The molecule has 37 heavy (non-hydrogen) atoms. The smallest absolute Gasteiger partial charge is 0.309 e. The summed E-state index contributed by atoms with van der Waals surface area (Å²) in [4.78, 5) is 31.1. The lowest BCUT2D eigenvalue weighted by atomic mass is 9.72. The van der Waals surface area contributed by atoms with E-state index < -0.39 is 35.6 Å². The molecule has 2 aromatic rings. The van der Waals surface area contributed by atoms with Crippen LogP contribution >= 0.6 is 11.3 Å². The highest BCUT2D eigenvalue weighted by Crippen LogP contribution is 2.47. The van der Waals surface area contributed by atoms with Gasteiger partial charge >= 0.3 is 5.97 Å². The van der Waals surface area contributed by atoms with Crippen molar-refractivity contribution >= 4 is 33.3 Å². The Morgan fingerprint density at radius 3 is 2.65 bits per heavy atom. The van der Waals surface area contributed by atoms with Crippen LogP contribution in [-0.4, -0.2) is 50.9 Å². The van der Waals surface area contributed by atoms with Crippen molar-refractivity contribution in [3.05, 3.63) is 41.4 Å². The molecule has 8 heteroatoms. The first-order valence-corrected chi connectivity index (χ1v) is 13.9. The van der Waals surface area contributed by atoms with E-state index in [1.54, 1.807) is 25.2 Å². The number of aliphatic hydroxyl groups is 2. The Morgan fingerprint density at radius 1 is 1.22 bits per heavy atom. The monoisotopic (exact) mass is 529 g/mol. The summed E-state index contributed by atoms with van der Waals surface area (Å²) in [6.45, 7) is 12.9. The molecule has 2 aliphatic rings. The number of Topliss-reactive ketones (excluding diaryl/α,β-unsaturated/α-hetero) is 1. The predicted molar refractivity (Wildman–Crippen MR) is 143 cm³/mol. The molecule has 2 fully saturated rings. The molecule has 7 nitrogen and oxygen atoms in total. The van der Waals surface area contributed by atoms with E-state index in [1.165, 1.54) is 6.08 Å². The molecule has 2 aliphatic heterocycles. The van der Waals surface area contributed by atoms with Crippen molar-refractivity contribution in [1.82, 2.24) is 4.98 Å². The van der Waals surface area contributed by atoms with Crippen LogP contribution in [0, 0.1) is 24.2 Å². The topological polar surface area (TPSA) is 109 Å². The summed E-state index contributed by atoms with van der Waals surface area (Å²) in [7, 11) is 0. The van der Waals surface area contributed by atoms with Gasteiger partial charge in [-0.2, -0.15) is 0 Å². The fourth-order valence-electron chi connectivity index (χ4n) is 5.43. The molecule has 4 rings (SSSR count). The Morgan fingerprint density at radius 2 is 1.95 bits per heavy atom. The summed E-state index contributed by atoms with van der Waals surface area (Å²) >= 11 is 1.61.